The van der Waals surface area contributed by atoms with Gasteiger partial charge in [0.05, 0.1) is 19.9 Å². The lowest BCUT2D eigenvalue weighted by Gasteiger charge is -2.25. The monoisotopic (exact) mass is 275 g/mol. The molecule has 108 valence electrons. The van der Waals surface area contributed by atoms with E-state index < -0.39 is 0 Å². The number of hydrogen-bond donors (Lipinski definition) is 1. The van der Waals surface area contributed by atoms with Gasteiger partial charge in [0, 0.05) is 5.56 Å². The fourth-order valence-corrected chi connectivity index (χ4v) is 2.30. The molecule has 5 heteroatoms. The zero-order valence-electron chi connectivity index (χ0n) is 11.8. The SMILES string of the molecule is COc1ccccc1/C=N\NC(=O)CN1CCCCC1. The number of nitrogens with zero attached hydrogens (tertiary/aromatic N) is 2. The molecule has 0 spiro atoms. The number of amides is 1. The molecule has 1 heterocycles. The first kappa shape index (κ1) is 14.5. The van der Waals surface area contributed by atoms with Crippen LogP contribution >= 0.6 is 0 Å². The van der Waals surface area contributed by atoms with Crippen molar-refractivity contribution in [3.05, 3.63) is 29.8 Å². The molecular weight excluding hydrogens is 254 g/mol. The van der Waals surface area contributed by atoms with Gasteiger partial charge in [-0.3, -0.25) is 9.69 Å². The van der Waals surface area contributed by atoms with Crippen LogP contribution in [0.15, 0.2) is 29.4 Å². The molecule has 0 bridgehead atoms. The second kappa shape index (κ2) is 7.65. The Labute approximate surface area is 119 Å². The van der Waals surface area contributed by atoms with E-state index in [1.165, 1.54) is 19.3 Å². The normalized spacial score (nSPS) is 16.2. The first-order valence-electron chi connectivity index (χ1n) is 6.97. The second-order valence-corrected chi connectivity index (χ2v) is 4.87. The number of piperidine rings is 1. The Balaban J connectivity index is 1.81. The zero-order valence-corrected chi connectivity index (χ0v) is 11.8. The molecule has 1 aromatic carbocycles. The van der Waals surface area contributed by atoms with E-state index in [1.54, 1.807) is 13.3 Å². The molecule has 0 aromatic heterocycles. The highest BCUT2D eigenvalue weighted by atomic mass is 16.5. The third-order valence-electron chi connectivity index (χ3n) is 3.35. The van der Waals surface area contributed by atoms with Crippen molar-refractivity contribution in [3.8, 4) is 5.75 Å². The Morgan fingerprint density at radius 3 is 2.85 bits per heavy atom. The number of ether oxygens (including phenoxy) is 1. The van der Waals surface area contributed by atoms with Crippen LogP contribution in [0.3, 0.4) is 0 Å². The molecule has 1 aliphatic rings. The van der Waals surface area contributed by atoms with Crippen molar-refractivity contribution in [1.29, 1.82) is 0 Å². The lowest BCUT2D eigenvalue weighted by Crippen LogP contribution is -2.38. The van der Waals surface area contributed by atoms with Crippen molar-refractivity contribution in [2.24, 2.45) is 5.10 Å². The molecular formula is C15H21N3O2. The molecule has 0 radical (unpaired) electrons. The Kier molecular flexibility index (Phi) is 5.55. The number of nitrogens with one attached hydrogen (secondary N) is 1. The molecule has 0 atom stereocenters. The maximum atomic E-state index is 11.8. The van der Waals surface area contributed by atoms with Crippen LogP contribution in [-0.2, 0) is 4.79 Å². The van der Waals surface area contributed by atoms with Gasteiger partial charge in [-0.15, -0.1) is 0 Å². The number of hydrogen-bond acceptors (Lipinski definition) is 4. The van der Waals surface area contributed by atoms with Crippen LogP contribution in [0.5, 0.6) is 5.75 Å². The van der Waals surface area contributed by atoms with Crippen molar-refractivity contribution < 1.29 is 9.53 Å². The van der Waals surface area contributed by atoms with E-state index in [1.807, 2.05) is 24.3 Å². The summed E-state index contributed by atoms with van der Waals surface area (Å²) in [4.78, 5) is 13.9. The third-order valence-corrected chi connectivity index (χ3v) is 3.35. The Morgan fingerprint density at radius 2 is 2.10 bits per heavy atom. The molecule has 1 fully saturated rings. The number of carbonyl (C=O) groups is 1. The minimum Gasteiger partial charge on any atom is -0.496 e. The van der Waals surface area contributed by atoms with Crippen molar-refractivity contribution in [2.45, 2.75) is 19.3 Å². The number of rotatable bonds is 5. The minimum atomic E-state index is -0.0713. The zero-order chi connectivity index (χ0) is 14.2. The highest BCUT2D eigenvalue weighted by molar-refractivity contribution is 5.85. The highest BCUT2D eigenvalue weighted by Crippen LogP contribution is 2.14. The molecule has 0 unspecified atom stereocenters. The maximum absolute atomic E-state index is 11.8. The highest BCUT2D eigenvalue weighted by Gasteiger charge is 2.13. The topological polar surface area (TPSA) is 53.9 Å². The molecule has 1 aromatic rings. The smallest absolute Gasteiger partial charge is 0.254 e. The van der Waals surface area contributed by atoms with E-state index in [9.17, 15) is 4.79 Å². The quantitative estimate of drug-likeness (QED) is 0.656. The first-order chi connectivity index (χ1) is 9.79. The molecule has 1 amide bonds. The summed E-state index contributed by atoms with van der Waals surface area (Å²) in [6, 6.07) is 7.54. The number of benzene rings is 1. The van der Waals surface area contributed by atoms with Crippen LogP contribution in [-0.4, -0.2) is 43.8 Å². The first-order valence-corrected chi connectivity index (χ1v) is 6.97. The van der Waals surface area contributed by atoms with Crippen LogP contribution < -0.4 is 10.2 Å². The number of carbonyl (C=O) groups excluding carboxylic acids is 1. The van der Waals surface area contributed by atoms with E-state index in [4.69, 9.17) is 4.74 Å². The van der Waals surface area contributed by atoms with Crippen LogP contribution in [0.1, 0.15) is 24.8 Å². The van der Waals surface area contributed by atoms with Crippen molar-refractivity contribution in [3.63, 3.8) is 0 Å². The predicted molar refractivity (Wildman–Crippen MR) is 79.0 cm³/mol. The number of para-hydroxylation sites is 1. The summed E-state index contributed by atoms with van der Waals surface area (Å²) in [5, 5.41) is 3.98. The molecule has 0 saturated carbocycles. The van der Waals surface area contributed by atoms with Gasteiger partial charge in [0.15, 0.2) is 0 Å². The summed E-state index contributed by atoms with van der Waals surface area (Å²) < 4.78 is 5.21. The lowest BCUT2D eigenvalue weighted by molar-refractivity contribution is -0.122. The van der Waals surface area contributed by atoms with Crippen molar-refractivity contribution in [2.75, 3.05) is 26.7 Å². The number of likely N-dealkylation sites (tertiary alicyclic amines) is 1. The van der Waals surface area contributed by atoms with Crippen molar-refractivity contribution in [1.82, 2.24) is 10.3 Å². The van der Waals surface area contributed by atoms with E-state index in [2.05, 4.69) is 15.4 Å². The fourth-order valence-electron chi connectivity index (χ4n) is 2.30. The molecule has 1 N–H and O–H groups in total. The predicted octanol–water partition coefficient (Wildman–Crippen LogP) is 1.63. The Morgan fingerprint density at radius 1 is 1.35 bits per heavy atom. The van der Waals surface area contributed by atoms with E-state index in [-0.39, 0.29) is 5.91 Å². The molecule has 1 aliphatic heterocycles. The molecule has 1 saturated heterocycles. The van der Waals surface area contributed by atoms with E-state index in [0.29, 0.717) is 6.54 Å². The van der Waals surface area contributed by atoms with E-state index in [0.717, 1.165) is 24.4 Å². The van der Waals surface area contributed by atoms with Gasteiger partial charge in [-0.05, 0) is 38.1 Å². The van der Waals surface area contributed by atoms with Crippen LogP contribution in [0, 0.1) is 0 Å². The van der Waals surface area contributed by atoms with Gasteiger partial charge in [-0.1, -0.05) is 18.6 Å². The summed E-state index contributed by atoms with van der Waals surface area (Å²) in [7, 11) is 1.61. The van der Waals surface area contributed by atoms with Crippen LogP contribution in [0.4, 0.5) is 0 Å². The standard InChI is InChI=1S/C15H21N3O2/c1-20-14-8-4-3-7-13(14)11-16-17-15(19)12-18-9-5-2-6-10-18/h3-4,7-8,11H,2,5-6,9-10,12H2,1H3,(H,17,19)/b16-11-. The lowest BCUT2D eigenvalue weighted by atomic mass is 10.1. The van der Waals surface area contributed by atoms with Gasteiger partial charge >= 0.3 is 0 Å². The summed E-state index contributed by atoms with van der Waals surface area (Å²) in [6.45, 7) is 2.43. The minimum absolute atomic E-state index is 0.0713. The number of hydrazone groups is 1. The van der Waals surface area contributed by atoms with Gasteiger partial charge < -0.3 is 4.74 Å². The Bertz CT molecular complexity index is 468. The molecule has 20 heavy (non-hydrogen) atoms. The average Bonchev–Trinajstić information content (AvgIpc) is 2.49. The van der Waals surface area contributed by atoms with Gasteiger partial charge in [0.25, 0.3) is 5.91 Å². The molecule has 0 aliphatic carbocycles. The van der Waals surface area contributed by atoms with Crippen molar-refractivity contribution >= 4 is 12.1 Å². The van der Waals surface area contributed by atoms with Crippen LogP contribution in [0.2, 0.25) is 0 Å². The number of methoxy groups -OCH3 is 1. The van der Waals surface area contributed by atoms with Gasteiger partial charge in [0.1, 0.15) is 5.75 Å². The molecule has 2 rings (SSSR count). The van der Waals surface area contributed by atoms with Gasteiger partial charge in [-0.25, -0.2) is 5.43 Å². The summed E-state index contributed by atoms with van der Waals surface area (Å²) in [6.07, 6.45) is 5.23. The fraction of sp³-hybridized carbons (Fsp3) is 0.467. The third kappa shape index (κ3) is 4.35. The van der Waals surface area contributed by atoms with Gasteiger partial charge in [0.2, 0.25) is 0 Å². The average molecular weight is 275 g/mol. The Hall–Kier alpha value is -1.88. The largest absolute Gasteiger partial charge is 0.496 e. The summed E-state index contributed by atoms with van der Waals surface area (Å²) >= 11 is 0. The summed E-state index contributed by atoms with van der Waals surface area (Å²) in [5.41, 5.74) is 3.40. The second-order valence-electron chi connectivity index (χ2n) is 4.87. The van der Waals surface area contributed by atoms with E-state index >= 15 is 0 Å². The van der Waals surface area contributed by atoms with Gasteiger partial charge in [-0.2, -0.15) is 5.10 Å². The summed E-state index contributed by atoms with van der Waals surface area (Å²) in [5.74, 6) is 0.666. The maximum Gasteiger partial charge on any atom is 0.254 e. The molecule has 5 nitrogen and oxygen atoms in total. The van der Waals surface area contributed by atoms with Crippen LogP contribution in [0.25, 0.3) is 0 Å².